The third kappa shape index (κ3) is 4.53. The maximum atomic E-state index is 6.41. The number of rotatable bonds is 4. The molecule has 1 fully saturated rings. The molecule has 0 spiro atoms. The molecule has 0 N–H and O–H groups in total. The highest BCUT2D eigenvalue weighted by molar-refractivity contribution is 5.60. The van der Waals surface area contributed by atoms with E-state index in [1.54, 1.807) is 19.5 Å². The number of methoxy groups -OCH3 is 1. The molecular weight excluding hydrogens is 400 g/mol. The minimum absolute atomic E-state index is 0.164. The number of hydrogen-bond acceptors (Lipinski definition) is 5. The number of benzene rings is 1. The van der Waals surface area contributed by atoms with Crippen molar-refractivity contribution in [2.45, 2.75) is 64.1 Å². The van der Waals surface area contributed by atoms with Gasteiger partial charge in [0.15, 0.2) is 11.5 Å². The molecule has 0 saturated carbocycles. The van der Waals surface area contributed by atoms with E-state index in [4.69, 9.17) is 20.9 Å². The standard InChI is InChI=1S/C26H30N4O2/c1-7-18-8-10-20(11-9-18)30-17-21(19-12-13-25(2,3)32-26(4,5)16-19)29-23(30)22-24(31-6)28-15-14-27-22/h1,8-11,14-15,17,19H,12-13,16H2,2-6H3. The van der Waals surface area contributed by atoms with Gasteiger partial charge in [-0.15, -0.1) is 6.42 Å². The van der Waals surface area contributed by atoms with Gasteiger partial charge in [0.05, 0.1) is 24.0 Å². The predicted octanol–water partition coefficient (Wildman–Crippen LogP) is 5.16. The number of imidazole rings is 1. The van der Waals surface area contributed by atoms with Crippen molar-refractivity contribution in [3.63, 3.8) is 0 Å². The molecular formula is C26H30N4O2. The van der Waals surface area contributed by atoms with Gasteiger partial charge >= 0.3 is 0 Å². The van der Waals surface area contributed by atoms with Crippen LogP contribution in [0.1, 0.15) is 64.1 Å². The lowest BCUT2D eigenvalue weighted by molar-refractivity contribution is -0.118. The summed E-state index contributed by atoms with van der Waals surface area (Å²) < 4.78 is 13.9. The molecule has 3 aromatic rings. The quantitative estimate of drug-likeness (QED) is 0.535. The van der Waals surface area contributed by atoms with Crippen molar-refractivity contribution < 1.29 is 9.47 Å². The van der Waals surface area contributed by atoms with Crippen molar-refractivity contribution in [1.29, 1.82) is 0 Å². The molecule has 0 amide bonds. The van der Waals surface area contributed by atoms with Crippen LogP contribution in [0.2, 0.25) is 0 Å². The molecule has 1 unspecified atom stereocenters. The van der Waals surface area contributed by atoms with E-state index in [9.17, 15) is 0 Å². The fraction of sp³-hybridized carbons (Fsp3) is 0.423. The Balaban J connectivity index is 1.83. The van der Waals surface area contributed by atoms with Gasteiger partial charge in [0, 0.05) is 35.8 Å². The fourth-order valence-corrected chi connectivity index (χ4v) is 4.62. The first-order chi connectivity index (χ1) is 15.2. The van der Waals surface area contributed by atoms with Crippen molar-refractivity contribution in [1.82, 2.24) is 19.5 Å². The van der Waals surface area contributed by atoms with Gasteiger partial charge in [-0.25, -0.2) is 15.0 Å². The summed E-state index contributed by atoms with van der Waals surface area (Å²) in [5, 5.41) is 0. The zero-order valence-corrected chi connectivity index (χ0v) is 19.4. The van der Waals surface area contributed by atoms with Crippen LogP contribution in [-0.4, -0.2) is 37.8 Å². The highest BCUT2D eigenvalue weighted by Gasteiger charge is 2.37. The molecule has 0 aliphatic carbocycles. The fourth-order valence-electron chi connectivity index (χ4n) is 4.62. The molecule has 2 aromatic heterocycles. The number of hydrogen-bond donors (Lipinski definition) is 0. The van der Waals surface area contributed by atoms with Crippen molar-refractivity contribution in [3.05, 3.63) is 54.1 Å². The van der Waals surface area contributed by atoms with Crippen LogP contribution >= 0.6 is 0 Å². The third-order valence-electron chi connectivity index (χ3n) is 5.91. The first kappa shape index (κ1) is 22.0. The smallest absolute Gasteiger partial charge is 0.243 e. The Morgan fingerprint density at radius 1 is 1.09 bits per heavy atom. The maximum Gasteiger partial charge on any atom is 0.243 e. The molecule has 0 radical (unpaired) electrons. The minimum Gasteiger partial charge on any atom is -0.479 e. The number of nitrogens with zero attached hydrogens (tertiary/aromatic N) is 4. The Hall–Kier alpha value is -3.17. The van der Waals surface area contributed by atoms with Crippen LogP contribution in [-0.2, 0) is 4.74 Å². The van der Waals surface area contributed by atoms with E-state index < -0.39 is 0 Å². The van der Waals surface area contributed by atoms with Crippen LogP contribution in [0.15, 0.2) is 42.9 Å². The molecule has 4 rings (SSSR count). The molecule has 1 aliphatic heterocycles. The average molecular weight is 431 g/mol. The first-order valence-electron chi connectivity index (χ1n) is 10.9. The molecule has 3 heterocycles. The Morgan fingerprint density at radius 3 is 2.50 bits per heavy atom. The highest BCUT2D eigenvalue weighted by atomic mass is 16.5. The summed E-state index contributed by atoms with van der Waals surface area (Å²) in [6.45, 7) is 8.65. The van der Waals surface area contributed by atoms with Crippen molar-refractivity contribution in [3.8, 4) is 35.4 Å². The summed E-state index contributed by atoms with van der Waals surface area (Å²) in [6, 6.07) is 7.85. The Kier molecular flexibility index (Phi) is 5.79. The second kappa shape index (κ2) is 8.40. The summed E-state index contributed by atoms with van der Waals surface area (Å²) in [4.78, 5) is 13.9. The van der Waals surface area contributed by atoms with E-state index in [1.165, 1.54) is 0 Å². The van der Waals surface area contributed by atoms with Crippen LogP contribution < -0.4 is 4.74 Å². The number of aromatic nitrogens is 4. The van der Waals surface area contributed by atoms with Gasteiger partial charge in [-0.05, 0) is 71.2 Å². The van der Waals surface area contributed by atoms with E-state index >= 15 is 0 Å². The molecule has 6 nitrogen and oxygen atoms in total. The molecule has 6 heteroatoms. The van der Waals surface area contributed by atoms with E-state index in [1.807, 2.05) is 28.8 Å². The van der Waals surface area contributed by atoms with Gasteiger partial charge in [-0.1, -0.05) is 5.92 Å². The van der Waals surface area contributed by atoms with Crippen LogP contribution in [0.3, 0.4) is 0 Å². The zero-order chi connectivity index (χ0) is 22.9. The Morgan fingerprint density at radius 2 is 1.81 bits per heavy atom. The first-order valence-corrected chi connectivity index (χ1v) is 10.9. The van der Waals surface area contributed by atoms with Gasteiger partial charge < -0.3 is 9.47 Å². The van der Waals surface area contributed by atoms with E-state index in [0.717, 1.165) is 36.2 Å². The van der Waals surface area contributed by atoms with Gasteiger partial charge in [0.1, 0.15) is 0 Å². The van der Waals surface area contributed by atoms with E-state index in [2.05, 4.69) is 49.8 Å². The molecule has 1 aliphatic rings. The van der Waals surface area contributed by atoms with E-state index in [0.29, 0.717) is 17.4 Å². The summed E-state index contributed by atoms with van der Waals surface area (Å²) >= 11 is 0. The molecule has 0 bridgehead atoms. The van der Waals surface area contributed by atoms with Crippen molar-refractivity contribution in [2.24, 2.45) is 0 Å². The van der Waals surface area contributed by atoms with E-state index in [-0.39, 0.29) is 17.1 Å². The van der Waals surface area contributed by atoms with Crippen molar-refractivity contribution in [2.75, 3.05) is 7.11 Å². The second-order valence-electron chi connectivity index (χ2n) is 9.53. The summed E-state index contributed by atoms with van der Waals surface area (Å²) in [7, 11) is 1.59. The highest BCUT2D eigenvalue weighted by Crippen LogP contribution is 2.41. The molecule has 1 saturated heterocycles. The molecule has 1 atom stereocenters. The monoisotopic (exact) mass is 430 g/mol. The van der Waals surface area contributed by atoms with Crippen LogP contribution in [0, 0.1) is 12.3 Å². The van der Waals surface area contributed by atoms with Crippen LogP contribution in [0.25, 0.3) is 17.2 Å². The van der Waals surface area contributed by atoms with Gasteiger partial charge in [0.2, 0.25) is 5.88 Å². The summed E-state index contributed by atoms with van der Waals surface area (Å²) in [5.74, 6) is 4.07. The number of ether oxygens (including phenoxy) is 2. The lowest BCUT2D eigenvalue weighted by Gasteiger charge is -2.33. The number of terminal acetylenes is 1. The second-order valence-corrected chi connectivity index (χ2v) is 9.53. The van der Waals surface area contributed by atoms with Gasteiger partial charge in [-0.3, -0.25) is 4.57 Å². The van der Waals surface area contributed by atoms with Crippen LogP contribution in [0.5, 0.6) is 5.88 Å². The predicted molar refractivity (Wildman–Crippen MR) is 125 cm³/mol. The van der Waals surface area contributed by atoms with Gasteiger partial charge in [0.25, 0.3) is 0 Å². The largest absolute Gasteiger partial charge is 0.479 e. The third-order valence-corrected chi connectivity index (χ3v) is 5.91. The lowest BCUT2D eigenvalue weighted by atomic mass is 9.88. The van der Waals surface area contributed by atoms with Crippen LogP contribution in [0.4, 0.5) is 0 Å². The summed E-state index contributed by atoms with van der Waals surface area (Å²) in [5.41, 5.74) is 3.00. The minimum atomic E-state index is -0.243. The molecule has 1 aromatic carbocycles. The normalized spacial score (nSPS) is 19.7. The zero-order valence-electron chi connectivity index (χ0n) is 19.4. The SMILES string of the molecule is C#Cc1ccc(-n2cc(C3CCC(C)(C)OC(C)(C)C3)nc2-c2nccnc2OC)cc1. The average Bonchev–Trinajstić information content (AvgIpc) is 3.16. The van der Waals surface area contributed by atoms with Crippen molar-refractivity contribution >= 4 is 0 Å². The Labute approximate surface area is 190 Å². The molecule has 32 heavy (non-hydrogen) atoms. The lowest BCUT2D eigenvalue weighted by Crippen LogP contribution is -2.35. The topological polar surface area (TPSA) is 62.1 Å². The molecule has 166 valence electrons. The maximum absolute atomic E-state index is 6.41. The summed E-state index contributed by atoms with van der Waals surface area (Å²) in [6.07, 6.45) is 13.8. The Bertz CT molecular complexity index is 1140. The van der Waals surface area contributed by atoms with Gasteiger partial charge in [-0.2, -0.15) is 0 Å².